The molecule has 0 atom stereocenters. The summed E-state index contributed by atoms with van der Waals surface area (Å²) in [5.41, 5.74) is 0.834. The van der Waals surface area contributed by atoms with Crippen LogP contribution in [-0.2, 0) is 11.2 Å². The van der Waals surface area contributed by atoms with Gasteiger partial charge in [0.2, 0.25) is 5.91 Å². The second-order valence-electron chi connectivity index (χ2n) is 5.83. The summed E-state index contributed by atoms with van der Waals surface area (Å²) < 4.78 is 16.2. The SMILES string of the molecule is COc1ccc(CC(=O)N(C)CCCOc2cccc(Cl)c2)c(OC)c1. The lowest BCUT2D eigenvalue weighted by molar-refractivity contribution is -0.129. The van der Waals surface area contributed by atoms with Crippen molar-refractivity contribution in [3.63, 3.8) is 0 Å². The van der Waals surface area contributed by atoms with E-state index in [9.17, 15) is 4.79 Å². The summed E-state index contributed by atoms with van der Waals surface area (Å²) in [6.07, 6.45) is 1.01. The molecule has 0 heterocycles. The average molecular weight is 378 g/mol. The van der Waals surface area contributed by atoms with Crippen LogP contribution in [0.2, 0.25) is 5.02 Å². The van der Waals surface area contributed by atoms with Gasteiger partial charge in [-0.05, 0) is 30.7 Å². The van der Waals surface area contributed by atoms with Gasteiger partial charge in [0, 0.05) is 30.2 Å². The summed E-state index contributed by atoms with van der Waals surface area (Å²) in [5.74, 6) is 2.10. The van der Waals surface area contributed by atoms with E-state index in [2.05, 4.69) is 0 Å². The molecule has 2 aromatic rings. The lowest BCUT2D eigenvalue weighted by Gasteiger charge is -2.18. The maximum atomic E-state index is 12.4. The lowest BCUT2D eigenvalue weighted by Crippen LogP contribution is -2.30. The van der Waals surface area contributed by atoms with Crippen LogP contribution in [0.4, 0.5) is 0 Å². The Morgan fingerprint density at radius 3 is 2.58 bits per heavy atom. The highest BCUT2D eigenvalue weighted by molar-refractivity contribution is 6.30. The van der Waals surface area contributed by atoms with E-state index in [1.54, 1.807) is 44.4 Å². The highest BCUT2D eigenvalue weighted by atomic mass is 35.5. The van der Waals surface area contributed by atoms with E-state index in [4.69, 9.17) is 25.8 Å². The molecule has 0 bridgehead atoms. The van der Waals surface area contributed by atoms with Gasteiger partial charge in [0.1, 0.15) is 17.2 Å². The van der Waals surface area contributed by atoms with Crippen molar-refractivity contribution in [1.29, 1.82) is 0 Å². The van der Waals surface area contributed by atoms with E-state index >= 15 is 0 Å². The van der Waals surface area contributed by atoms with Gasteiger partial charge in [-0.3, -0.25) is 4.79 Å². The van der Waals surface area contributed by atoms with Crippen molar-refractivity contribution >= 4 is 17.5 Å². The summed E-state index contributed by atoms with van der Waals surface area (Å²) in [5, 5.41) is 0.642. The van der Waals surface area contributed by atoms with Crippen molar-refractivity contribution in [2.24, 2.45) is 0 Å². The van der Waals surface area contributed by atoms with Gasteiger partial charge in [0.25, 0.3) is 0 Å². The third kappa shape index (κ3) is 5.85. The molecule has 1 amide bonds. The molecule has 0 unspecified atom stereocenters. The van der Waals surface area contributed by atoms with E-state index in [0.717, 1.165) is 17.7 Å². The number of hydrogen-bond acceptors (Lipinski definition) is 4. The predicted molar refractivity (Wildman–Crippen MR) is 102 cm³/mol. The standard InChI is InChI=1S/C20H24ClNO4/c1-22(10-5-11-26-18-7-4-6-16(21)13-18)20(23)12-15-8-9-17(24-2)14-19(15)25-3/h4,6-9,13-14H,5,10-12H2,1-3H3. The fourth-order valence-corrected chi connectivity index (χ4v) is 2.65. The van der Waals surface area contributed by atoms with Crippen molar-refractivity contribution in [3.05, 3.63) is 53.1 Å². The number of rotatable bonds is 9. The minimum atomic E-state index is 0.0243. The van der Waals surface area contributed by atoms with Crippen LogP contribution < -0.4 is 14.2 Å². The highest BCUT2D eigenvalue weighted by Gasteiger charge is 2.13. The van der Waals surface area contributed by atoms with Crippen LogP contribution in [0.25, 0.3) is 0 Å². The molecule has 0 aromatic heterocycles. The summed E-state index contributed by atoms with van der Waals surface area (Å²) in [7, 11) is 4.97. The van der Waals surface area contributed by atoms with E-state index in [1.165, 1.54) is 0 Å². The summed E-state index contributed by atoms with van der Waals surface area (Å²) >= 11 is 5.92. The molecule has 5 nitrogen and oxygen atoms in total. The van der Waals surface area contributed by atoms with Gasteiger partial charge in [0.15, 0.2) is 0 Å². The van der Waals surface area contributed by atoms with Gasteiger partial charge in [-0.2, -0.15) is 0 Å². The first kappa shape index (κ1) is 19.9. The van der Waals surface area contributed by atoms with Gasteiger partial charge in [0.05, 0.1) is 27.2 Å². The van der Waals surface area contributed by atoms with Crippen molar-refractivity contribution in [2.45, 2.75) is 12.8 Å². The minimum absolute atomic E-state index is 0.0243. The number of carbonyl (C=O) groups is 1. The zero-order chi connectivity index (χ0) is 18.9. The smallest absolute Gasteiger partial charge is 0.226 e. The van der Waals surface area contributed by atoms with Crippen LogP contribution in [0.3, 0.4) is 0 Å². The maximum absolute atomic E-state index is 12.4. The van der Waals surface area contributed by atoms with Crippen LogP contribution in [0.1, 0.15) is 12.0 Å². The first-order valence-corrected chi connectivity index (χ1v) is 8.74. The molecule has 2 aromatic carbocycles. The summed E-state index contributed by atoms with van der Waals surface area (Å²) in [6.45, 7) is 1.13. The van der Waals surface area contributed by atoms with Gasteiger partial charge in [-0.1, -0.05) is 23.7 Å². The van der Waals surface area contributed by atoms with E-state index in [0.29, 0.717) is 29.7 Å². The second-order valence-corrected chi connectivity index (χ2v) is 6.27. The molecule has 0 aliphatic heterocycles. The number of nitrogens with zero attached hydrogens (tertiary/aromatic N) is 1. The molecule has 0 aliphatic carbocycles. The largest absolute Gasteiger partial charge is 0.497 e. The Morgan fingerprint density at radius 1 is 1.08 bits per heavy atom. The molecule has 26 heavy (non-hydrogen) atoms. The molecule has 0 saturated carbocycles. The number of likely N-dealkylation sites (N-methyl/N-ethyl adjacent to an activating group) is 1. The topological polar surface area (TPSA) is 48.0 Å². The highest BCUT2D eigenvalue weighted by Crippen LogP contribution is 2.25. The fourth-order valence-electron chi connectivity index (χ4n) is 2.47. The first-order valence-electron chi connectivity index (χ1n) is 8.36. The Kier molecular flexibility index (Phi) is 7.60. The van der Waals surface area contributed by atoms with E-state index in [1.807, 2.05) is 24.3 Å². The zero-order valence-corrected chi connectivity index (χ0v) is 16.1. The summed E-state index contributed by atoms with van der Waals surface area (Å²) in [4.78, 5) is 14.1. The minimum Gasteiger partial charge on any atom is -0.497 e. The van der Waals surface area contributed by atoms with Crippen molar-refractivity contribution in [3.8, 4) is 17.2 Å². The molecule has 0 saturated heterocycles. The number of halogens is 1. The van der Waals surface area contributed by atoms with E-state index < -0.39 is 0 Å². The quantitative estimate of drug-likeness (QED) is 0.623. The van der Waals surface area contributed by atoms with Crippen molar-refractivity contribution in [1.82, 2.24) is 4.90 Å². The second kappa shape index (κ2) is 9.92. The number of benzene rings is 2. The van der Waals surface area contributed by atoms with Gasteiger partial charge < -0.3 is 19.1 Å². The number of ether oxygens (including phenoxy) is 3. The Labute approximate surface area is 159 Å². The van der Waals surface area contributed by atoms with Crippen LogP contribution in [0, 0.1) is 0 Å². The number of amides is 1. The number of methoxy groups -OCH3 is 2. The molecule has 0 aliphatic rings. The van der Waals surface area contributed by atoms with Crippen LogP contribution in [0.15, 0.2) is 42.5 Å². The van der Waals surface area contributed by atoms with Crippen LogP contribution >= 0.6 is 11.6 Å². The first-order chi connectivity index (χ1) is 12.5. The maximum Gasteiger partial charge on any atom is 0.226 e. The normalized spacial score (nSPS) is 10.3. The molecule has 6 heteroatoms. The molecular formula is C20H24ClNO4. The predicted octanol–water partition coefficient (Wildman–Crippen LogP) is 3.83. The summed E-state index contributed by atoms with van der Waals surface area (Å²) in [6, 6.07) is 12.7. The molecule has 140 valence electrons. The van der Waals surface area contributed by atoms with Crippen molar-refractivity contribution in [2.75, 3.05) is 34.4 Å². The Balaban J connectivity index is 1.80. The molecular weight excluding hydrogens is 354 g/mol. The van der Waals surface area contributed by atoms with Gasteiger partial charge >= 0.3 is 0 Å². The fraction of sp³-hybridized carbons (Fsp3) is 0.350. The third-order valence-electron chi connectivity index (χ3n) is 3.96. The molecule has 2 rings (SSSR count). The molecule has 0 radical (unpaired) electrons. The monoisotopic (exact) mass is 377 g/mol. The third-order valence-corrected chi connectivity index (χ3v) is 4.20. The Bertz CT molecular complexity index is 736. The van der Waals surface area contributed by atoms with Gasteiger partial charge in [-0.25, -0.2) is 0 Å². The van der Waals surface area contributed by atoms with Crippen molar-refractivity contribution < 1.29 is 19.0 Å². The molecule has 0 fully saturated rings. The van der Waals surface area contributed by atoms with Crippen LogP contribution in [-0.4, -0.2) is 45.2 Å². The molecule has 0 spiro atoms. The molecule has 0 N–H and O–H groups in total. The van der Waals surface area contributed by atoms with Crippen LogP contribution in [0.5, 0.6) is 17.2 Å². The Hall–Kier alpha value is -2.40. The average Bonchev–Trinajstić information content (AvgIpc) is 2.65. The number of hydrogen-bond donors (Lipinski definition) is 0. The Morgan fingerprint density at radius 2 is 1.88 bits per heavy atom. The lowest BCUT2D eigenvalue weighted by atomic mass is 10.1. The van der Waals surface area contributed by atoms with E-state index in [-0.39, 0.29) is 12.3 Å². The number of carbonyl (C=O) groups excluding carboxylic acids is 1. The van der Waals surface area contributed by atoms with Gasteiger partial charge in [-0.15, -0.1) is 0 Å². The zero-order valence-electron chi connectivity index (χ0n) is 15.3.